The largest absolute Gasteiger partial charge is 0.467 e. The van der Waals surface area contributed by atoms with Crippen LogP contribution in [0.5, 0.6) is 0 Å². The molecule has 152 valence electrons. The minimum Gasteiger partial charge on any atom is -0.467 e. The summed E-state index contributed by atoms with van der Waals surface area (Å²) in [6.07, 6.45) is -4.48. The van der Waals surface area contributed by atoms with E-state index in [-0.39, 0.29) is 3.42 Å². The molecule has 10 nitrogen and oxygen atoms in total. The second-order valence-electron chi connectivity index (χ2n) is 6.69. The predicted molar refractivity (Wildman–Crippen MR) is 102 cm³/mol. The van der Waals surface area contributed by atoms with E-state index >= 15 is 0 Å². The number of ether oxygens (including phenoxy) is 2. The van der Waals surface area contributed by atoms with Gasteiger partial charge in [-0.25, -0.2) is 9.59 Å². The van der Waals surface area contributed by atoms with Gasteiger partial charge in [0.2, 0.25) is 0 Å². The lowest BCUT2D eigenvalue weighted by molar-refractivity contribution is -0.150. The van der Waals surface area contributed by atoms with Crippen LogP contribution in [0.15, 0.2) is 15.8 Å². The summed E-state index contributed by atoms with van der Waals surface area (Å²) in [6, 6.07) is 0. The molecule has 0 bridgehead atoms. The van der Waals surface area contributed by atoms with Crippen LogP contribution in [0.2, 0.25) is 0 Å². The molecule has 4 N–H and O–H groups in total. The monoisotopic (exact) mass is 498 g/mol. The number of hydrogen-bond donors (Lipinski definition) is 4. The van der Waals surface area contributed by atoms with Gasteiger partial charge in [-0.15, -0.1) is 0 Å². The normalized spacial score (nSPS) is 28.6. The molecule has 1 aromatic heterocycles. The van der Waals surface area contributed by atoms with Gasteiger partial charge in [-0.2, -0.15) is 0 Å². The molecule has 1 aliphatic rings. The van der Waals surface area contributed by atoms with E-state index in [4.69, 9.17) is 4.74 Å². The Morgan fingerprint density at radius 1 is 1.44 bits per heavy atom. The van der Waals surface area contributed by atoms with Crippen LogP contribution < -0.4 is 11.2 Å². The minimum atomic E-state index is -1.91. The molecule has 6 atom stereocenters. The van der Waals surface area contributed by atoms with Gasteiger partial charge < -0.3 is 24.8 Å². The smallest absolute Gasteiger partial charge is 0.339 e. The van der Waals surface area contributed by atoms with Crippen LogP contribution in [-0.4, -0.2) is 59.7 Å². The molecular weight excluding hydrogens is 475 g/mol. The van der Waals surface area contributed by atoms with Crippen LogP contribution in [0.25, 0.3) is 0 Å². The van der Waals surface area contributed by atoms with Gasteiger partial charge in [-0.3, -0.25) is 14.3 Å². The summed E-state index contributed by atoms with van der Waals surface area (Å²) in [5, 5.41) is 30.6. The zero-order chi connectivity index (χ0) is 20.5. The van der Waals surface area contributed by atoms with E-state index in [9.17, 15) is 29.7 Å². The minimum absolute atomic E-state index is 0.194. The van der Waals surface area contributed by atoms with Crippen LogP contribution in [0.4, 0.5) is 0 Å². The van der Waals surface area contributed by atoms with Gasteiger partial charge in [-0.1, -0.05) is 36.4 Å². The first-order valence-electron chi connectivity index (χ1n) is 8.34. The highest BCUT2D eigenvalue weighted by molar-refractivity contribution is 14.1. The van der Waals surface area contributed by atoms with E-state index in [0.29, 0.717) is 6.42 Å². The highest BCUT2D eigenvalue weighted by Gasteiger charge is 2.46. The summed E-state index contributed by atoms with van der Waals surface area (Å²) in [4.78, 5) is 37.6. The topological polar surface area (TPSA) is 151 Å². The van der Waals surface area contributed by atoms with Gasteiger partial charge in [0.25, 0.3) is 5.56 Å². The Kier molecular flexibility index (Phi) is 6.84. The second kappa shape index (κ2) is 8.39. The number of alkyl halides is 1. The molecule has 11 heteroatoms. The molecule has 1 saturated heterocycles. The van der Waals surface area contributed by atoms with Crippen molar-refractivity contribution in [2.45, 2.75) is 60.8 Å². The number of hydrogen-bond acceptors (Lipinski definition) is 8. The lowest BCUT2D eigenvalue weighted by atomic mass is 9.97. The summed E-state index contributed by atoms with van der Waals surface area (Å²) >= 11 is 2.23. The lowest BCUT2D eigenvalue weighted by Crippen LogP contribution is -2.40. The number of aromatic nitrogens is 2. The number of esters is 1. The van der Waals surface area contributed by atoms with Crippen LogP contribution in [0.3, 0.4) is 0 Å². The number of nitrogens with zero attached hydrogens (tertiary/aromatic N) is 1. The zero-order valence-electron chi connectivity index (χ0n) is 15.1. The maximum absolute atomic E-state index is 12.2. The maximum atomic E-state index is 12.2. The summed E-state index contributed by atoms with van der Waals surface area (Å²) in [6.45, 7) is 3.95. The van der Waals surface area contributed by atoms with E-state index in [0.717, 1.165) is 24.3 Å². The lowest BCUT2D eigenvalue weighted by Gasteiger charge is -2.25. The molecule has 2 heterocycles. The molecule has 0 aromatic carbocycles. The van der Waals surface area contributed by atoms with Crippen molar-refractivity contribution in [1.29, 1.82) is 0 Å². The van der Waals surface area contributed by atoms with Crippen molar-refractivity contribution < 1.29 is 29.6 Å². The first-order valence-corrected chi connectivity index (χ1v) is 9.42. The number of H-pyrrole nitrogens is 1. The fraction of sp³-hybridized carbons (Fsp3) is 0.688. The van der Waals surface area contributed by atoms with Crippen molar-refractivity contribution >= 4 is 28.6 Å². The molecule has 0 radical (unpaired) electrons. The third kappa shape index (κ3) is 4.59. The molecule has 1 aliphatic heterocycles. The van der Waals surface area contributed by atoms with Gasteiger partial charge in [0.1, 0.15) is 12.2 Å². The van der Waals surface area contributed by atoms with Crippen molar-refractivity contribution in [1.82, 2.24) is 9.55 Å². The molecule has 2 unspecified atom stereocenters. The fourth-order valence-electron chi connectivity index (χ4n) is 2.81. The van der Waals surface area contributed by atoms with E-state index in [2.05, 4.69) is 27.3 Å². The zero-order valence-corrected chi connectivity index (χ0v) is 17.2. The molecule has 0 spiro atoms. The average molecular weight is 498 g/mol. The standard InChI is InChI=1S/C16H23IN2O8/c1-4-16(2,17)5-8-10(21)11(22)13(27-8)19-6-7(9(20)14(24)26-3)12(23)18-15(19)25/h6,8-11,13,20-22H,4-5H2,1-3H3,(H,18,23,25)/t8-,9?,10-,11-,13-,16?/m1/s1. The number of aliphatic hydroxyl groups is 3. The van der Waals surface area contributed by atoms with Gasteiger partial charge in [0.05, 0.1) is 18.8 Å². The average Bonchev–Trinajstić information content (AvgIpc) is 2.88. The van der Waals surface area contributed by atoms with E-state index in [1.165, 1.54) is 0 Å². The van der Waals surface area contributed by atoms with Crippen molar-refractivity contribution in [3.8, 4) is 0 Å². The summed E-state index contributed by atoms with van der Waals surface area (Å²) in [7, 11) is 1.04. The van der Waals surface area contributed by atoms with Gasteiger partial charge in [0.15, 0.2) is 12.3 Å². The van der Waals surface area contributed by atoms with Crippen molar-refractivity contribution in [2.75, 3.05) is 7.11 Å². The molecule has 0 amide bonds. The highest BCUT2D eigenvalue weighted by atomic mass is 127. The van der Waals surface area contributed by atoms with E-state index in [1.54, 1.807) is 0 Å². The van der Waals surface area contributed by atoms with Crippen molar-refractivity contribution in [3.05, 3.63) is 32.6 Å². The third-order valence-corrected chi connectivity index (χ3v) is 5.89. The number of halogens is 1. The van der Waals surface area contributed by atoms with Crippen LogP contribution in [-0.2, 0) is 14.3 Å². The van der Waals surface area contributed by atoms with Crippen LogP contribution >= 0.6 is 22.6 Å². The van der Waals surface area contributed by atoms with Crippen molar-refractivity contribution in [3.63, 3.8) is 0 Å². The third-order valence-electron chi connectivity index (χ3n) is 4.69. The Balaban J connectivity index is 2.39. The Morgan fingerprint density at radius 3 is 2.63 bits per heavy atom. The Labute approximate surface area is 168 Å². The first-order chi connectivity index (χ1) is 12.5. The van der Waals surface area contributed by atoms with Crippen LogP contribution in [0, 0.1) is 0 Å². The van der Waals surface area contributed by atoms with Crippen LogP contribution in [0.1, 0.15) is 44.6 Å². The Bertz CT molecular complexity index is 804. The quantitative estimate of drug-likeness (QED) is 0.230. The number of carbonyl (C=O) groups is 1. The number of nitrogens with one attached hydrogen (secondary N) is 1. The van der Waals surface area contributed by atoms with Gasteiger partial charge in [-0.05, 0) is 12.8 Å². The van der Waals surface area contributed by atoms with E-state index in [1.807, 2.05) is 18.8 Å². The van der Waals surface area contributed by atoms with Crippen molar-refractivity contribution in [2.24, 2.45) is 0 Å². The molecule has 27 heavy (non-hydrogen) atoms. The summed E-state index contributed by atoms with van der Waals surface area (Å²) < 4.78 is 10.7. The Morgan fingerprint density at radius 2 is 2.07 bits per heavy atom. The van der Waals surface area contributed by atoms with E-state index < -0.39 is 53.4 Å². The molecular formula is C16H23IN2O8. The SMILES string of the molecule is CCC(C)(I)C[C@H]1O[C@@H](n2cc(C(O)C(=O)OC)c(=O)[nH]c2=O)[C@H](O)[C@@H]1O. The first kappa shape index (κ1) is 22.0. The highest BCUT2D eigenvalue weighted by Crippen LogP contribution is 2.37. The maximum Gasteiger partial charge on any atom is 0.339 e. The molecule has 1 aromatic rings. The molecule has 2 rings (SSSR count). The molecule has 1 fully saturated rings. The fourth-order valence-corrected chi connectivity index (χ4v) is 3.25. The number of aliphatic hydroxyl groups excluding tert-OH is 3. The molecule has 0 saturated carbocycles. The predicted octanol–water partition coefficient (Wildman–Crippen LogP) is -0.644. The number of aromatic amines is 1. The number of rotatable bonds is 6. The summed E-state index contributed by atoms with van der Waals surface area (Å²) in [5.41, 5.74) is -2.32. The van der Waals surface area contributed by atoms with Gasteiger partial charge in [0, 0.05) is 9.62 Å². The number of carbonyl (C=O) groups excluding carboxylic acids is 1. The molecule has 0 aliphatic carbocycles. The number of methoxy groups -OCH3 is 1. The second-order valence-corrected chi connectivity index (χ2v) is 9.30. The Hall–Kier alpha value is -1.28. The summed E-state index contributed by atoms with van der Waals surface area (Å²) in [5.74, 6) is -1.08. The van der Waals surface area contributed by atoms with Gasteiger partial charge >= 0.3 is 11.7 Å².